The van der Waals surface area contributed by atoms with E-state index in [9.17, 15) is 9.90 Å². The van der Waals surface area contributed by atoms with E-state index in [4.69, 9.17) is 0 Å². The van der Waals surface area contributed by atoms with Gasteiger partial charge in [-0.1, -0.05) is 45.4 Å². The second kappa shape index (κ2) is 11.9. The predicted octanol–water partition coefficient (Wildman–Crippen LogP) is -1.21. The Hall–Kier alpha value is 0.820. The van der Waals surface area contributed by atoms with Crippen LogP contribution in [0.25, 0.3) is 0 Å². The Morgan fingerprint density at radius 3 is 2.21 bits per heavy atom. The molecule has 0 aliphatic carbocycles. The third-order valence-corrected chi connectivity index (χ3v) is 2.57. The average molecular weight is 226 g/mol. The Morgan fingerprint density at radius 1 is 1.21 bits per heavy atom. The predicted molar refractivity (Wildman–Crippen MR) is 55.8 cm³/mol. The standard InChI is InChI=1S/C10H20O2S.Na/c1-2-3-4-5-6-7-8-9(13)10(11)12;/h9,13H,2-8H2,1H3,(H,11,12);/q;+1/p-1. The first kappa shape index (κ1) is 17.2. The van der Waals surface area contributed by atoms with Crippen molar-refractivity contribution in [2.75, 3.05) is 0 Å². The molecule has 0 N–H and O–H groups in total. The SMILES string of the molecule is CCCCCCCCC(S)C(=O)[O-].[Na+]. The van der Waals surface area contributed by atoms with Gasteiger partial charge in [0.1, 0.15) is 0 Å². The molecule has 4 heteroatoms. The van der Waals surface area contributed by atoms with Crippen LogP contribution >= 0.6 is 12.6 Å². The first-order valence-electron chi connectivity index (χ1n) is 5.07. The monoisotopic (exact) mass is 226 g/mol. The minimum atomic E-state index is -1.04. The first-order chi connectivity index (χ1) is 6.18. The number of carbonyl (C=O) groups excluding carboxylic acids is 1. The third kappa shape index (κ3) is 10.9. The number of carbonyl (C=O) groups is 1. The van der Waals surface area contributed by atoms with E-state index in [-0.39, 0.29) is 29.6 Å². The molecule has 0 aromatic carbocycles. The smallest absolute Gasteiger partial charge is 0.549 e. The van der Waals surface area contributed by atoms with E-state index in [0.29, 0.717) is 6.42 Å². The fraction of sp³-hybridized carbons (Fsp3) is 0.900. The van der Waals surface area contributed by atoms with Gasteiger partial charge in [-0.15, -0.1) is 0 Å². The molecule has 0 fully saturated rings. The third-order valence-electron chi connectivity index (χ3n) is 2.10. The van der Waals surface area contributed by atoms with Crippen LogP contribution in [0.3, 0.4) is 0 Å². The molecule has 2 nitrogen and oxygen atoms in total. The summed E-state index contributed by atoms with van der Waals surface area (Å²) in [5.74, 6) is -1.04. The van der Waals surface area contributed by atoms with Gasteiger partial charge in [0.25, 0.3) is 0 Å². The van der Waals surface area contributed by atoms with Crippen LogP contribution < -0.4 is 34.7 Å². The normalized spacial score (nSPS) is 11.9. The molecule has 0 radical (unpaired) electrons. The Balaban J connectivity index is 0. The van der Waals surface area contributed by atoms with Crippen molar-refractivity contribution in [1.82, 2.24) is 0 Å². The van der Waals surface area contributed by atoms with Crippen LogP contribution in [0.4, 0.5) is 0 Å². The number of carboxylic acid groups (broad SMARTS) is 1. The van der Waals surface area contributed by atoms with Crippen molar-refractivity contribution >= 4 is 18.6 Å². The maximum atomic E-state index is 10.3. The molecule has 0 bridgehead atoms. The van der Waals surface area contributed by atoms with Gasteiger partial charge in [0.15, 0.2) is 0 Å². The van der Waals surface area contributed by atoms with Crippen LogP contribution in [-0.2, 0) is 4.79 Å². The Kier molecular flexibility index (Phi) is 14.6. The molecule has 0 rings (SSSR count). The summed E-state index contributed by atoms with van der Waals surface area (Å²) in [6, 6.07) is 0. The molecule has 1 atom stereocenters. The molecule has 0 aliphatic heterocycles. The summed E-state index contributed by atoms with van der Waals surface area (Å²) >= 11 is 3.91. The molecule has 0 aromatic heterocycles. The van der Waals surface area contributed by atoms with Gasteiger partial charge in [-0.3, -0.25) is 0 Å². The van der Waals surface area contributed by atoms with Gasteiger partial charge < -0.3 is 9.90 Å². The van der Waals surface area contributed by atoms with E-state index < -0.39 is 11.2 Å². The molecule has 0 saturated heterocycles. The summed E-state index contributed by atoms with van der Waals surface area (Å²) in [6.07, 6.45) is 7.70. The van der Waals surface area contributed by atoms with E-state index in [1.807, 2.05) is 0 Å². The van der Waals surface area contributed by atoms with Crippen molar-refractivity contribution in [1.29, 1.82) is 0 Å². The molecular formula is C10H19NaO2S. The molecule has 0 aliphatic rings. The number of unbranched alkanes of at least 4 members (excludes halogenated alkanes) is 5. The van der Waals surface area contributed by atoms with Crippen LogP contribution in [0.1, 0.15) is 51.9 Å². The van der Waals surface area contributed by atoms with E-state index in [1.54, 1.807) is 0 Å². The minimum Gasteiger partial charge on any atom is -0.549 e. The number of aliphatic carboxylic acids is 1. The summed E-state index contributed by atoms with van der Waals surface area (Å²) < 4.78 is 0. The van der Waals surface area contributed by atoms with Gasteiger partial charge in [0.2, 0.25) is 0 Å². The summed E-state index contributed by atoms with van der Waals surface area (Å²) in [6.45, 7) is 2.18. The van der Waals surface area contributed by atoms with E-state index in [0.717, 1.165) is 12.8 Å². The van der Waals surface area contributed by atoms with Crippen molar-refractivity contribution in [2.45, 2.75) is 57.1 Å². The molecule has 0 saturated carbocycles. The fourth-order valence-electron chi connectivity index (χ4n) is 1.24. The van der Waals surface area contributed by atoms with Crippen molar-refractivity contribution in [3.63, 3.8) is 0 Å². The topological polar surface area (TPSA) is 40.1 Å². The first-order valence-corrected chi connectivity index (χ1v) is 5.59. The van der Waals surface area contributed by atoms with Gasteiger partial charge in [-0.2, -0.15) is 12.6 Å². The van der Waals surface area contributed by atoms with Crippen LogP contribution in [-0.4, -0.2) is 11.2 Å². The molecule has 1 unspecified atom stereocenters. The van der Waals surface area contributed by atoms with Crippen LogP contribution in [0.2, 0.25) is 0 Å². The molecule has 0 spiro atoms. The van der Waals surface area contributed by atoms with E-state index in [1.165, 1.54) is 25.7 Å². The van der Waals surface area contributed by atoms with Crippen molar-refractivity contribution < 1.29 is 39.5 Å². The molecular weight excluding hydrogens is 207 g/mol. The quantitative estimate of drug-likeness (QED) is 0.320. The van der Waals surface area contributed by atoms with Gasteiger partial charge in [-0.25, -0.2) is 0 Å². The van der Waals surface area contributed by atoms with Crippen LogP contribution in [0.15, 0.2) is 0 Å². The fourth-order valence-corrected chi connectivity index (χ4v) is 1.42. The van der Waals surface area contributed by atoms with Crippen molar-refractivity contribution in [3.05, 3.63) is 0 Å². The van der Waals surface area contributed by atoms with Crippen molar-refractivity contribution in [2.24, 2.45) is 0 Å². The summed E-state index contributed by atoms with van der Waals surface area (Å²) in [5, 5.41) is 9.70. The van der Waals surface area contributed by atoms with Crippen LogP contribution in [0.5, 0.6) is 0 Å². The second-order valence-electron chi connectivity index (χ2n) is 3.39. The maximum Gasteiger partial charge on any atom is 1.00 e. The van der Waals surface area contributed by atoms with Gasteiger partial charge >= 0.3 is 29.6 Å². The van der Waals surface area contributed by atoms with Gasteiger partial charge in [0.05, 0.1) is 5.97 Å². The van der Waals surface area contributed by atoms with Crippen molar-refractivity contribution in [3.8, 4) is 0 Å². The summed E-state index contributed by atoms with van der Waals surface area (Å²) in [5.41, 5.74) is 0. The number of rotatable bonds is 8. The Labute approximate surface area is 115 Å². The largest absolute Gasteiger partial charge is 1.00 e. The summed E-state index contributed by atoms with van der Waals surface area (Å²) in [7, 11) is 0. The maximum absolute atomic E-state index is 10.3. The van der Waals surface area contributed by atoms with Gasteiger partial charge in [0, 0.05) is 5.25 Å². The number of hydrogen-bond donors (Lipinski definition) is 1. The molecule has 0 amide bonds. The second-order valence-corrected chi connectivity index (χ2v) is 4.01. The summed E-state index contributed by atoms with van der Waals surface area (Å²) in [4.78, 5) is 10.3. The van der Waals surface area contributed by atoms with Crippen LogP contribution in [0, 0.1) is 0 Å². The number of carboxylic acids is 1. The zero-order chi connectivity index (χ0) is 10.1. The van der Waals surface area contributed by atoms with E-state index >= 15 is 0 Å². The zero-order valence-corrected chi connectivity index (χ0v) is 12.2. The zero-order valence-electron chi connectivity index (χ0n) is 9.29. The van der Waals surface area contributed by atoms with Gasteiger partial charge in [-0.05, 0) is 6.42 Å². The number of thiol groups is 1. The Morgan fingerprint density at radius 2 is 1.71 bits per heavy atom. The molecule has 78 valence electrons. The molecule has 0 heterocycles. The average Bonchev–Trinajstić information content (AvgIpc) is 2.10. The molecule has 14 heavy (non-hydrogen) atoms. The Bertz CT molecular complexity index is 142. The molecule has 0 aromatic rings. The number of hydrogen-bond acceptors (Lipinski definition) is 3. The van der Waals surface area contributed by atoms with E-state index in [2.05, 4.69) is 19.6 Å². The minimum absolute atomic E-state index is 0.